The molecule has 2 heteroatoms. The molecule has 1 fully saturated rings. The van der Waals surface area contributed by atoms with E-state index in [1.54, 1.807) is 0 Å². The fraction of sp³-hybridized carbons (Fsp3) is 0.480. The lowest BCUT2D eigenvalue weighted by atomic mass is 9.78. The van der Waals surface area contributed by atoms with Gasteiger partial charge >= 0.3 is 0 Å². The lowest BCUT2D eigenvalue weighted by Gasteiger charge is -2.27. The average molecular weight is 362 g/mol. The van der Waals surface area contributed by atoms with Gasteiger partial charge in [0, 0.05) is 11.8 Å². The van der Waals surface area contributed by atoms with E-state index in [9.17, 15) is 0 Å². The maximum absolute atomic E-state index is 5.69. The van der Waals surface area contributed by atoms with E-state index in [2.05, 4.69) is 42.8 Å². The van der Waals surface area contributed by atoms with Crippen molar-refractivity contribution >= 4 is 0 Å². The first kappa shape index (κ1) is 19.5. The fourth-order valence-corrected chi connectivity index (χ4v) is 3.73. The van der Waals surface area contributed by atoms with Gasteiger partial charge < -0.3 is 4.74 Å². The van der Waals surface area contributed by atoms with Gasteiger partial charge in [-0.3, -0.25) is 0 Å². The predicted octanol–water partition coefficient (Wildman–Crippen LogP) is 6.34. The molecule has 2 nitrogen and oxygen atoms in total. The van der Waals surface area contributed by atoms with Gasteiger partial charge in [0.25, 0.3) is 0 Å². The van der Waals surface area contributed by atoms with Crippen LogP contribution in [-0.4, -0.2) is 11.6 Å². The van der Waals surface area contributed by atoms with E-state index in [4.69, 9.17) is 4.74 Å². The minimum atomic E-state index is 0.683. The summed E-state index contributed by atoms with van der Waals surface area (Å²) in [6, 6.07) is 12.3. The summed E-state index contributed by atoms with van der Waals surface area (Å²) in [6.45, 7) is 5.25. The highest BCUT2D eigenvalue weighted by Gasteiger charge is 2.21. The minimum Gasteiger partial charge on any atom is -0.494 e. The maximum atomic E-state index is 5.69. The number of nitrogens with zero attached hydrogens (tertiary/aromatic N) is 1. The SMILES string of the molecule is CCCCOc1ccc(C#Cc2ccc(C3CCC(CC)CC3)cn2)cc1. The molecule has 0 amide bonds. The van der Waals surface area contributed by atoms with E-state index in [0.29, 0.717) is 5.92 Å². The molecule has 27 heavy (non-hydrogen) atoms. The minimum absolute atomic E-state index is 0.683. The fourth-order valence-electron chi connectivity index (χ4n) is 3.73. The van der Waals surface area contributed by atoms with Gasteiger partial charge in [-0.25, -0.2) is 4.98 Å². The molecule has 1 aromatic carbocycles. The Labute approximate surface area is 164 Å². The predicted molar refractivity (Wildman–Crippen MR) is 112 cm³/mol. The molecule has 0 spiro atoms. The first-order valence-corrected chi connectivity index (χ1v) is 10.5. The van der Waals surface area contributed by atoms with Crippen LogP contribution in [0, 0.1) is 17.8 Å². The highest BCUT2D eigenvalue weighted by Crippen LogP contribution is 2.36. The Morgan fingerprint density at radius 2 is 1.74 bits per heavy atom. The van der Waals surface area contributed by atoms with E-state index in [-0.39, 0.29) is 0 Å². The number of benzene rings is 1. The quantitative estimate of drug-likeness (QED) is 0.442. The van der Waals surface area contributed by atoms with Crippen molar-refractivity contribution in [1.29, 1.82) is 0 Å². The lowest BCUT2D eigenvalue weighted by Crippen LogP contribution is -2.12. The zero-order valence-corrected chi connectivity index (χ0v) is 16.7. The van der Waals surface area contributed by atoms with Crippen molar-refractivity contribution in [3.8, 4) is 17.6 Å². The van der Waals surface area contributed by atoms with Gasteiger partial charge in [-0.15, -0.1) is 0 Å². The van der Waals surface area contributed by atoms with Crippen molar-refractivity contribution in [3.05, 3.63) is 59.4 Å². The highest BCUT2D eigenvalue weighted by molar-refractivity contribution is 5.42. The number of hydrogen-bond donors (Lipinski definition) is 0. The van der Waals surface area contributed by atoms with Crippen molar-refractivity contribution in [2.45, 2.75) is 64.7 Å². The van der Waals surface area contributed by atoms with E-state index in [1.807, 2.05) is 30.5 Å². The second-order valence-corrected chi connectivity index (χ2v) is 7.58. The first-order chi connectivity index (χ1) is 13.3. The monoisotopic (exact) mass is 361 g/mol. The third-order valence-corrected chi connectivity index (χ3v) is 5.64. The molecule has 1 saturated carbocycles. The van der Waals surface area contributed by atoms with E-state index in [0.717, 1.165) is 42.4 Å². The van der Waals surface area contributed by atoms with Gasteiger partial charge in [-0.1, -0.05) is 38.7 Å². The van der Waals surface area contributed by atoms with Gasteiger partial charge in [-0.05, 0) is 85.8 Å². The molecule has 1 aromatic heterocycles. The topological polar surface area (TPSA) is 22.1 Å². The van der Waals surface area contributed by atoms with Crippen LogP contribution in [0.25, 0.3) is 0 Å². The van der Waals surface area contributed by atoms with Crippen LogP contribution < -0.4 is 4.74 Å². The molecule has 0 saturated heterocycles. The van der Waals surface area contributed by atoms with Gasteiger partial charge in [0.05, 0.1) is 6.61 Å². The van der Waals surface area contributed by atoms with Crippen molar-refractivity contribution in [2.75, 3.05) is 6.61 Å². The Morgan fingerprint density at radius 1 is 0.963 bits per heavy atom. The number of pyridine rings is 1. The standard InChI is InChI=1S/C25H31NO/c1-3-5-18-27-25-16-9-21(10-17-25)8-14-24-15-13-23(19-26-24)22-11-6-20(4-2)7-12-22/h9-10,13,15-17,19-20,22H,3-7,11-12,18H2,1-2H3. The second kappa shape index (κ2) is 10.2. The Balaban J connectivity index is 1.56. The van der Waals surface area contributed by atoms with Crippen LogP contribution in [0.4, 0.5) is 0 Å². The summed E-state index contributed by atoms with van der Waals surface area (Å²) in [5.74, 6) is 8.90. The van der Waals surface area contributed by atoms with Crippen LogP contribution in [0.5, 0.6) is 5.75 Å². The van der Waals surface area contributed by atoms with Crippen LogP contribution in [0.15, 0.2) is 42.6 Å². The third-order valence-electron chi connectivity index (χ3n) is 5.64. The van der Waals surface area contributed by atoms with Gasteiger partial charge in [0.1, 0.15) is 11.4 Å². The number of ether oxygens (including phenoxy) is 1. The van der Waals surface area contributed by atoms with Crippen molar-refractivity contribution in [1.82, 2.24) is 4.98 Å². The van der Waals surface area contributed by atoms with Crippen LogP contribution in [0.3, 0.4) is 0 Å². The Hall–Kier alpha value is -2.27. The molecule has 2 aromatic rings. The molecule has 0 N–H and O–H groups in total. The highest BCUT2D eigenvalue weighted by atomic mass is 16.5. The zero-order chi connectivity index (χ0) is 18.9. The van der Waals surface area contributed by atoms with Crippen molar-refractivity contribution in [2.24, 2.45) is 5.92 Å². The summed E-state index contributed by atoms with van der Waals surface area (Å²) < 4.78 is 5.69. The Kier molecular flexibility index (Phi) is 7.34. The molecule has 0 atom stereocenters. The number of unbranched alkanes of at least 4 members (excludes halogenated alkanes) is 1. The first-order valence-electron chi connectivity index (χ1n) is 10.5. The van der Waals surface area contributed by atoms with Crippen LogP contribution in [0.2, 0.25) is 0 Å². The van der Waals surface area contributed by atoms with E-state index < -0.39 is 0 Å². The third kappa shape index (κ3) is 5.86. The lowest BCUT2D eigenvalue weighted by molar-refractivity contribution is 0.309. The number of hydrogen-bond acceptors (Lipinski definition) is 2. The molecule has 142 valence electrons. The summed E-state index contributed by atoms with van der Waals surface area (Å²) in [6.07, 6.45) is 10.9. The molecule has 0 bridgehead atoms. The van der Waals surface area contributed by atoms with E-state index >= 15 is 0 Å². The summed E-state index contributed by atoms with van der Waals surface area (Å²) in [4.78, 5) is 4.58. The largest absolute Gasteiger partial charge is 0.494 e. The summed E-state index contributed by atoms with van der Waals surface area (Å²) in [7, 11) is 0. The van der Waals surface area contributed by atoms with Crippen LogP contribution in [-0.2, 0) is 0 Å². The molecule has 0 aliphatic heterocycles. The van der Waals surface area contributed by atoms with Gasteiger partial charge in [-0.2, -0.15) is 0 Å². The van der Waals surface area contributed by atoms with Crippen LogP contribution in [0.1, 0.15) is 81.5 Å². The van der Waals surface area contributed by atoms with Crippen molar-refractivity contribution < 1.29 is 4.74 Å². The molecule has 0 radical (unpaired) electrons. The normalized spacial score (nSPS) is 19.2. The molecule has 0 unspecified atom stereocenters. The number of rotatable bonds is 6. The maximum Gasteiger partial charge on any atom is 0.119 e. The molecule has 1 aliphatic rings. The summed E-state index contributed by atoms with van der Waals surface area (Å²) in [5, 5.41) is 0. The molecular weight excluding hydrogens is 330 g/mol. The Bertz CT molecular complexity index is 744. The Morgan fingerprint density at radius 3 is 2.37 bits per heavy atom. The molecule has 1 heterocycles. The zero-order valence-electron chi connectivity index (χ0n) is 16.7. The van der Waals surface area contributed by atoms with E-state index in [1.165, 1.54) is 37.7 Å². The number of aromatic nitrogens is 1. The van der Waals surface area contributed by atoms with Gasteiger partial charge in [0.15, 0.2) is 0 Å². The summed E-state index contributed by atoms with van der Waals surface area (Å²) >= 11 is 0. The van der Waals surface area contributed by atoms with Gasteiger partial charge in [0.2, 0.25) is 0 Å². The second-order valence-electron chi connectivity index (χ2n) is 7.58. The molecule has 1 aliphatic carbocycles. The van der Waals surface area contributed by atoms with Crippen molar-refractivity contribution in [3.63, 3.8) is 0 Å². The summed E-state index contributed by atoms with van der Waals surface area (Å²) in [5.41, 5.74) is 3.20. The smallest absolute Gasteiger partial charge is 0.119 e. The molecule has 3 rings (SSSR count). The van der Waals surface area contributed by atoms with Crippen LogP contribution >= 0.6 is 0 Å². The molecular formula is C25H31NO. The average Bonchev–Trinajstić information content (AvgIpc) is 2.74.